The maximum absolute atomic E-state index is 4.73. The van der Waals surface area contributed by atoms with Crippen molar-refractivity contribution in [2.45, 2.75) is 32.6 Å². The summed E-state index contributed by atoms with van der Waals surface area (Å²) in [6.45, 7) is 3.18. The van der Waals surface area contributed by atoms with Gasteiger partial charge in [0.2, 0.25) is 0 Å². The van der Waals surface area contributed by atoms with Gasteiger partial charge in [-0.3, -0.25) is 0 Å². The van der Waals surface area contributed by atoms with Crippen LogP contribution in [0.3, 0.4) is 0 Å². The maximum Gasteiger partial charge on any atom is 0.130 e. The molecule has 60 valence electrons. The Bertz CT molecular complexity index is 93.6. The molecule has 1 nitrogen and oxygen atoms in total. The molecule has 0 unspecified atom stereocenters. The predicted octanol–water partition coefficient (Wildman–Crippen LogP) is 2.37. The molecule has 0 aliphatic rings. The lowest BCUT2D eigenvalue weighted by Crippen LogP contribution is -2.17. The van der Waals surface area contributed by atoms with Gasteiger partial charge >= 0.3 is 0 Å². The van der Waals surface area contributed by atoms with E-state index in [9.17, 15) is 0 Å². The average molecular weight is 177 g/mol. The van der Waals surface area contributed by atoms with Crippen molar-refractivity contribution in [1.82, 2.24) is 5.32 Å². The third-order valence-corrected chi connectivity index (χ3v) is 1.61. The molecular formula is C7H15NS2. The minimum atomic E-state index is 0.608. The second kappa shape index (κ2) is 7.35. The topological polar surface area (TPSA) is 12.0 Å². The number of hydrogen-bond donors (Lipinski definition) is 2. The summed E-state index contributed by atoms with van der Waals surface area (Å²) in [5.74, 6) is 0. The van der Waals surface area contributed by atoms with Crippen molar-refractivity contribution < 1.29 is 0 Å². The number of unbranched alkanes of at least 4 members (excludes halogenated alkanes) is 3. The van der Waals surface area contributed by atoms with Gasteiger partial charge in [0.1, 0.15) is 4.32 Å². The Morgan fingerprint density at radius 2 is 2.10 bits per heavy atom. The summed E-state index contributed by atoms with van der Waals surface area (Å²) in [6.07, 6.45) is 5.10. The van der Waals surface area contributed by atoms with E-state index in [-0.39, 0.29) is 0 Å². The summed E-state index contributed by atoms with van der Waals surface area (Å²) >= 11 is 8.67. The van der Waals surface area contributed by atoms with Crippen LogP contribution in [-0.4, -0.2) is 10.9 Å². The third-order valence-electron chi connectivity index (χ3n) is 1.31. The highest BCUT2D eigenvalue weighted by atomic mass is 32.1. The summed E-state index contributed by atoms with van der Waals surface area (Å²) in [7, 11) is 0. The van der Waals surface area contributed by atoms with Crippen molar-refractivity contribution in [3.63, 3.8) is 0 Å². The summed E-state index contributed by atoms with van der Waals surface area (Å²) in [5, 5.41) is 3.00. The summed E-state index contributed by atoms with van der Waals surface area (Å²) in [4.78, 5) is 0. The molecule has 0 aromatic heterocycles. The van der Waals surface area contributed by atoms with Gasteiger partial charge in [0.25, 0.3) is 0 Å². The van der Waals surface area contributed by atoms with Gasteiger partial charge in [0.15, 0.2) is 0 Å². The quantitative estimate of drug-likeness (QED) is 0.380. The van der Waals surface area contributed by atoms with Crippen LogP contribution in [0.4, 0.5) is 0 Å². The van der Waals surface area contributed by atoms with E-state index in [1.165, 1.54) is 25.7 Å². The highest BCUT2D eigenvalue weighted by Gasteiger charge is 1.87. The van der Waals surface area contributed by atoms with Gasteiger partial charge in [-0.05, 0) is 6.42 Å². The average Bonchev–Trinajstić information content (AvgIpc) is 1.87. The molecule has 10 heavy (non-hydrogen) atoms. The molecule has 0 fully saturated rings. The smallest absolute Gasteiger partial charge is 0.130 e. The first kappa shape index (κ1) is 10.2. The Hall–Kier alpha value is 0.240. The van der Waals surface area contributed by atoms with Gasteiger partial charge in [-0.25, -0.2) is 0 Å². The minimum Gasteiger partial charge on any atom is -0.371 e. The molecule has 0 spiro atoms. The van der Waals surface area contributed by atoms with E-state index >= 15 is 0 Å². The van der Waals surface area contributed by atoms with E-state index in [0.29, 0.717) is 4.32 Å². The summed E-state index contributed by atoms with van der Waals surface area (Å²) < 4.78 is 0.608. The van der Waals surface area contributed by atoms with E-state index in [0.717, 1.165) is 6.54 Å². The molecule has 0 aliphatic carbocycles. The first-order chi connectivity index (χ1) is 4.77. The second-order valence-corrected chi connectivity index (χ2v) is 3.45. The van der Waals surface area contributed by atoms with Crippen LogP contribution in [0.15, 0.2) is 0 Å². The first-order valence-corrected chi connectivity index (χ1v) is 4.59. The molecule has 0 saturated heterocycles. The molecule has 0 amide bonds. The lowest BCUT2D eigenvalue weighted by molar-refractivity contribution is 0.657. The van der Waals surface area contributed by atoms with Crippen LogP contribution in [-0.2, 0) is 0 Å². The Morgan fingerprint density at radius 1 is 1.40 bits per heavy atom. The number of thiol groups is 1. The minimum absolute atomic E-state index is 0.608. The van der Waals surface area contributed by atoms with Crippen LogP contribution in [0.2, 0.25) is 0 Å². The van der Waals surface area contributed by atoms with Crippen LogP contribution in [0.25, 0.3) is 0 Å². The Morgan fingerprint density at radius 3 is 2.60 bits per heavy atom. The lowest BCUT2D eigenvalue weighted by atomic mass is 10.2. The van der Waals surface area contributed by atoms with Gasteiger partial charge in [-0.15, -0.1) is 12.6 Å². The number of hydrogen-bond acceptors (Lipinski definition) is 1. The molecule has 0 aliphatic heterocycles. The van der Waals surface area contributed by atoms with Gasteiger partial charge < -0.3 is 5.32 Å². The van der Waals surface area contributed by atoms with Crippen molar-refractivity contribution in [2.24, 2.45) is 0 Å². The van der Waals surface area contributed by atoms with E-state index in [1.807, 2.05) is 0 Å². The molecule has 1 N–H and O–H groups in total. The van der Waals surface area contributed by atoms with Crippen molar-refractivity contribution in [3.8, 4) is 0 Å². The standard InChI is InChI=1S/C7H15NS2/c1-2-3-4-5-6-8-7(9)10/h2-6H2,1H3,(H2,8,9,10). The molecule has 0 radical (unpaired) electrons. The molecule has 0 bridgehead atoms. The van der Waals surface area contributed by atoms with Gasteiger partial charge in [-0.2, -0.15) is 0 Å². The zero-order valence-electron chi connectivity index (χ0n) is 6.39. The normalized spacial score (nSPS) is 9.40. The largest absolute Gasteiger partial charge is 0.371 e. The molecular weight excluding hydrogens is 162 g/mol. The molecule has 0 aromatic rings. The van der Waals surface area contributed by atoms with Crippen LogP contribution in [0.5, 0.6) is 0 Å². The highest BCUT2D eigenvalue weighted by molar-refractivity contribution is 8.11. The number of nitrogens with one attached hydrogen (secondary N) is 1. The molecule has 0 atom stereocenters. The lowest BCUT2D eigenvalue weighted by Gasteiger charge is -2.00. The fourth-order valence-electron chi connectivity index (χ4n) is 0.747. The molecule has 3 heteroatoms. The van der Waals surface area contributed by atoms with Crippen molar-refractivity contribution in [2.75, 3.05) is 6.54 Å². The van der Waals surface area contributed by atoms with Crippen molar-refractivity contribution in [3.05, 3.63) is 0 Å². The fraction of sp³-hybridized carbons (Fsp3) is 0.857. The van der Waals surface area contributed by atoms with Gasteiger partial charge in [0, 0.05) is 6.54 Å². The zero-order valence-corrected chi connectivity index (χ0v) is 8.10. The fourth-order valence-corrected chi connectivity index (χ4v) is 0.961. The Balaban J connectivity index is 2.84. The van der Waals surface area contributed by atoms with Crippen molar-refractivity contribution in [1.29, 1.82) is 0 Å². The van der Waals surface area contributed by atoms with Crippen LogP contribution in [0, 0.1) is 0 Å². The number of thiocarbonyl (C=S) groups is 1. The molecule has 0 aromatic carbocycles. The van der Waals surface area contributed by atoms with E-state index < -0.39 is 0 Å². The van der Waals surface area contributed by atoms with E-state index in [2.05, 4.69) is 24.9 Å². The van der Waals surface area contributed by atoms with Gasteiger partial charge in [0.05, 0.1) is 0 Å². The SMILES string of the molecule is CCCCCCNC(=S)S. The Kier molecular flexibility index (Phi) is 7.52. The van der Waals surface area contributed by atoms with Crippen LogP contribution < -0.4 is 5.32 Å². The molecule has 0 rings (SSSR count). The molecule has 0 heterocycles. The monoisotopic (exact) mass is 177 g/mol. The Labute approximate surface area is 74.0 Å². The van der Waals surface area contributed by atoms with Gasteiger partial charge in [-0.1, -0.05) is 38.4 Å². The summed E-state index contributed by atoms with van der Waals surface area (Å²) in [5.41, 5.74) is 0. The first-order valence-electron chi connectivity index (χ1n) is 3.74. The van der Waals surface area contributed by atoms with Crippen molar-refractivity contribution >= 4 is 29.2 Å². The highest BCUT2D eigenvalue weighted by Crippen LogP contribution is 1.96. The number of rotatable bonds is 5. The van der Waals surface area contributed by atoms with E-state index in [4.69, 9.17) is 12.2 Å². The molecule has 0 saturated carbocycles. The predicted molar refractivity (Wildman–Crippen MR) is 53.7 cm³/mol. The zero-order chi connectivity index (χ0) is 7.82. The third kappa shape index (κ3) is 8.24. The van der Waals surface area contributed by atoms with Crippen LogP contribution >= 0.6 is 24.8 Å². The second-order valence-electron chi connectivity index (χ2n) is 2.29. The van der Waals surface area contributed by atoms with Crippen LogP contribution in [0.1, 0.15) is 32.6 Å². The maximum atomic E-state index is 4.73. The van der Waals surface area contributed by atoms with E-state index in [1.54, 1.807) is 0 Å². The summed E-state index contributed by atoms with van der Waals surface area (Å²) in [6, 6.07) is 0.